The Labute approximate surface area is 139 Å². The van der Waals surface area contributed by atoms with E-state index >= 15 is 0 Å². The fraction of sp³-hybridized carbons (Fsp3) is 0.938. The lowest BCUT2D eigenvalue weighted by Gasteiger charge is -2.36. The first-order valence-corrected chi connectivity index (χ1v) is 10.6. The fourth-order valence-corrected chi connectivity index (χ4v) is 5.19. The average Bonchev–Trinajstić information content (AvgIpc) is 3.18. The molecule has 2 N–H and O–H groups in total. The summed E-state index contributed by atoms with van der Waals surface area (Å²) in [4.78, 5) is 4.68. The van der Waals surface area contributed by atoms with Gasteiger partial charge in [0.25, 0.3) is 0 Å². The van der Waals surface area contributed by atoms with E-state index in [4.69, 9.17) is 4.74 Å². The van der Waals surface area contributed by atoms with Crippen LogP contribution in [0.25, 0.3) is 0 Å². The number of guanidine groups is 1. The van der Waals surface area contributed by atoms with E-state index in [1.165, 1.54) is 12.8 Å². The highest BCUT2D eigenvalue weighted by Crippen LogP contribution is 2.24. The predicted molar refractivity (Wildman–Crippen MR) is 91.4 cm³/mol. The van der Waals surface area contributed by atoms with Crippen LogP contribution < -0.4 is 10.6 Å². The Morgan fingerprint density at radius 2 is 1.91 bits per heavy atom. The third-order valence-corrected chi connectivity index (χ3v) is 6.63. The molecule has 0 aromatic heterocycles. The van der Waals surface area contributed by atoms with Crippen LogP contribution in [0.5, 0.6) is 0 Å². The largest absolute Gasteiger partial charge is 0.375 e. The summed E-state index contributed by atoms with van der Waals surface area (Å²) in [5.74, 6) is 1.63. The van der Waals surface area contributed by atoms with Gasteiger partial charge in [-0.05, 0) is 51.9 Å². The molecule has 0 aromatic rings. The lowest BCUT2D eigenvalue weighted by Crippen LogP contribution is -2.50. The van der Waals surface area contributed by atoms with Gasteiger partial charge in [0, 0.05) is 25.2 Å². The standard InChI is InChI=1S/C16H29N3O3S/c1-16(2)9-14(5-7-22-16)19-15(18-13-3-4-13)17-10-12-6-8-23(20,21)11-12/h12-14H,3-11H2,1-2H3,(H2,17,18,19). The van der Waals surface area contributed by atoms with Gasteiger partial charge in [-0.3, -0.25) is 4.99 Å². The Balaban J connectivity index is 1.57. The van der Waals surface area contributed by atoms with E-state index in [0.29, 0.717) is 24.4 Å². The molecule has 1 saturated carbocycles. The van der Waals surface area contributed by atoms with Gasteiger partial charge in [0.2, 0.25) is 0 Å². The molecule has 2 heterocycles. The van der Waals surface area contributed by atoms with Crippen LogP contribution in [0.15, 0.2) is 4.99 Å². The first-order chi connectivity index (χ1) is 10.8. The highest BCUT2D eigenvalue weighted by molar-refractivity contribution is 7.91. The molecule has 2 aliphatic heterocycles. The maximum Gasteiger partial charge on any atom is 0.191 e. The third kappa shape index (κ3) is 5.35. The second-order valence-electron chi connectivity index (χ2n) is 7.82. The zero-order chi connectivity index (χ0) is 16.5. The second kappa shape index (κ2) is 6.59. The molecule has 3 aliphatic rings. The molecule has 7 heteroatoms. The first-order valence-electron chi connectivity index (χ1n) is 8.73. The Hall–Kier alpha value is -0.820. The van der Waals surface area contributed by atoms with Crippen LogP contribution in [-0.2, 0) is 14.6 Å². The van der Waals surface area contributed by atoms with Crippen molar-refractivity contribution in [2.45, 2.75) is 63.6 Å². The van der Waals surface area contributed by atoms with Gasteiger partial charge in [-0.25, -0.2) is 8.42 Å². The monoisotopic (exact) mass is 343 g/mol. The lowest BCUT2D eigenvalue weighted by atomic mass is 9.94. The molecular formula is C16H29N3O3S. The molecule has 23 heavy (non-hydrogen) atoms. The maximum atomic E-state index is 11.6. The molecule has 1 aliphatic carbocycles. The molecule has 3 rings (SSSR count). The fourth-order valence-electron chi connectivity index (χ4n) is 3.34. The molecule has 2 saturated heterocycles. The Morgan fingerprint density at radius 1 is 1.17 bits per heavy atom. The van der Waals surface area contributed by atoms with E-state index in [1.54, 1.807) is 0 Å². The molecule has 0 bridgehead atoms. The Morgan fingerprint density at radius 3 is 2.52 bits per heavy atom. The molecule has 3 fully saturated rings. The number of hydrogen-bond donors (Lipinski definition) is 2. The van der Waals surface area contributed by atoms with Crippen LogP contribution in [0.3, 0.4) is 0 Å². The molecule has 0 amide bonds. The summed E-state index contributed by atoms with van der Waals surface area (Å²) in [6.07, 6.45) is 5.06. The number of nitrogens with one attached hydrogen (secondary N) is 2. The van der Waals surface area contributed by atoms with Crippen LogP contribution in [0.1, 0.15) is 46.0 Å². The normalized spacial score (nSPS) is 33.4. The van der Waals surface area contributed by atoms with Crippen molar-refractivity contribution in [2.75, 3.05) is 24.7 Å². The van der Waals surface area contributed by atoms with E-state index in [2.05, 4.69) is 29.5 Å². The van der Waals surface area contributed by atoms with Crippen molar-refractivity contribution in [2.24, 2.45) is 10.9 Å². The highest BCUT2D eigenvalue weighted by Gasteiger charge is 2.31. The van der Waals surface area contributed by atoms with Crippen molar-refractivity contribution in [1.82, 2.24) is 10.6 Å². The SMILES string of the molecule is CC1(C)CC(NC(=NCC2CCS(=O)(=O)C2)NC2CC2)CCO1. The summed E-state index contributed by atoms with van der Waals surface area (Å²) in [5.41, 5.74) is -0.0971. The van der Waals surface area contributed by atoms with Gasteiger partial charge >= 0.3 is 0 Å². The molecule has 0 spiro atoms. The van der Waals surface area contributed by atoms with Crippen molar-refractivity contribution in [3.05, 3.63) is 0 Å². The van der Waals surface area contributed by atoms with Gasteiger partial charge < -0.3 is 15.4 Å². The summed E-state index contributed by atoms with van der Waals surface area (Å²) in [5, 5.41) is 7.00. The van der Waals surface area contributed by atoms with Crippen molar-refractivity contribution >= 4 is 15.8 Å². The van der Waals surface area contributed by atoms with Gasteiger partial charge in [-0.2, -0.15) is 0 Å². The highest BCUT2D eigenvalue weighted by atomic mass is 32.2. The number of rotatable bonds is 4. The summed E-state index contributed by atoms with van der Waals surface area (Å²) >= 11 is 0. The quantitative estimate of drug-likeness (QED) is 0.590. The minimum absolute atomic E-state index is 0.0971. The number of nitrogens with zero attached hydrogens (tertiary/aromatic N) is 1. The van der Waals surface area contributed by atoms with E-state index in [1.807, 2.05) is 0 Å². The second-order valence-corrected chi connectivity index (χ2v) is 10.0. The van der Waals surface area contributed by atoms with Crippen LogP contribution in [0.2, 0.25) is 0 Å². The Bertz CT molecular complexity index is 555. The summed E-state index contributed by atoms with van der Waals surface area (Å²) < 4.78 is 28.9. The van der Waals surface area contributed by atoms with Crippen LogP contribution in [0.4, 0.5) is 0 Å². The maximum absolute atomic E-state index is 11.6. The molecule has 0 aromatic carbocycles. The molecule has 0 radical (unpaired) electrons. The van der Waals surface area contributed by atoms with E-state index in [0.717, 1.165) is 31.8 Å². The van der Waals surface area contributed by atoms with Gasteiger partial charge in [-0.1, -0.05) is 0 Å². The van der Waals surface area contributed by atoms with Crippen LogP contribution >= 0.6 is 0 Å². The third-order valence-electron chi connectivity index (χ3n) is 4.79. The molecule has 2 atom stereocenters. The smallest absolute Gasteiger partial charge is 0.191 e. The zero-order valence-corrected chi connectivity index (χ0v) is 15.0. The van der Waals surface area contributed by atoms with Crippen molar-refractivity contribution in [3.8, 4) is 0 Å². The molecule has 132 valence electrons. The first kappa shape index (κ1) is 17.0. The van der Waals surface area contributed by atoms with Gasteiger partial charge in [0.05, 0.1) is 17.1 Å². The molecule has 6 nitrogen and oxygen atoms in total. The number of sulfone groups is 1. The lowest BCUT2D eigenvalue weighted by molar-refractivity contribution is -0.0605. The van der Waals surface area contributed by atoms with Gasteiger partial charge in [-0.15, -0.1) is 0 Å². The average molecular weight is 343 g/mol. The minimum atomic E-state index is -2.82. The van der Waals surface area contributed by atoms with E-state index < -0.39 is 9.84 Å². The number of aliphatic imine (C=N–C) groups is 1. The van der Waals surface area contributed by atoms with E-state index in [-0.39, 0.29) is 17.3 Å². The topological polar surface area (TPSA) is 79.8 Å². The van der Waals surface area contributed by atoms with Gasteiger partial charge in [0.15, 0.2) is 15.8 Å². The van der Waals surface area contributed by atoms with Gasteiger partial charge in [0.1, 0.15) is 0 Å². The van der Waals surface area contributed by atoms with Crippen molar-refractivity contribution < 1.29 is 13.2 Å². The molecule has 2 unspecified atom stereocenters. The van der Waals surface area contributed by atoms with Crippen LogP contribution in [-0.4, -0.2) is 56.7 Å². The summed E-state index contributed by atoms with van der Waals surface area (Å²) in [6.45, 7) is 5.60. The summed E-state index contributed by atoms with van der Waals surface area (Å²) in [6, 6.07) is 0.887. The Kier molecular flexibility index (Phi) is 4.88. The molecular weight excluding hydrogens is 314 g/mol. The number of ether oxygens (including phenoxy) is 1. The zero-order valence-electron chi connectivity index (χ0n) is 14.2. The van der Waals surface area contributed by atoms with Crippen LogP contribution in [0, 0.1) is 5.92 Å². The van der Waals surface area contributed by atoms with E-state index in [9.17, 15) is 8.42 Å². The summed E-state index contributed by atoms with van der Waals surface area (Å²) in [7, 11) is -2.82. The van der Waals surface area contributed by atoms with Crippen molar-refractivity contribution in [1.29, 1.82) is 0 Å². The minimum Gasteiger partial charge on any atom is -0.375 e. The van der Waals surface area contributed by atoms with Crippen molar-refractivity contribution in [3.63, 3.8) is 0 Å². The predicted octanol–water partition coefficient (Wildman–Crippen LogP) is 1.08. The number of hydrogen-bond acceptors (Lipinski definition) is 4.